The highest BCUT2D eigenvalue weighted by Crippen LogP contribution is 1.98. The van der Waals surface area contributed by atoms with Crippen molar-refractivity contribution in [1.82, 2.24) is 10.2 Å². The van der Waals surface area contributed by atoms with Crippen LogP contribution in [0.3, 0.4) is 0 Å². The fraction of sp³-hybridized carbons (Fsp3) is 0.400. The lowest BCUT2D eigenvalue weighted by Gasteiger charge is -1.97. The first kappa shape index (κ1) is 7.27. The normalized spacial score (nSPS) is 12.9. The maximum atomic E-state index is 10.8. The summed E-state index contributed by atoms with van der Waals surface area (Å²) in [6.07, 6.45) is 1.61. The Labute approximate surface area is 61.6 Å². The summed E-state index contributed by atoms with van der Waals surface area (Å²) >= 11 is 0. The Hall–Kier alpha value is -0.840. The SMILES string of the molecule is CCS(=O)Nc1ccn[nH]1. The lowest BCUT2D eigenvalue weighted by atomic mass is 10.7. The minimum absolute atomic E-state index is 0.596. The number of rotatable bonds is 3. The van der Waals surface area contributed by atoms with Gasteiger partial charge in [0.15, 0.2) is 0 Å². The molecule has 0 aliphatic heterocycles. The van der Waals surface area contributed by atoms with Crippen molar-refractivity contribution in [1.29, 1.82) is 0 Å². The van der Waals surface area contributed by atoms with E-state index in [0.717, 1.165) is 0 Å². The molecule has 0 radical (unpaired) electrons. The van der Waals surface area contributed by atoms with Gasteiger partial charge in [0.2, 0.25) is 0 Å². The Balaban J connectivity index is 2.48. The standard InChI is InChI=1S/C5H9N3OS/c1-2-10(9)8-5-3-4-6-7-5/h3-4H,2H2,1H3,(H2,6,7,8). The van der Waals surface area contributed by atoms with E-state index in [1.165, 1.54) is 0 Å². The van der Waals surface area contributed by atoms with Crippen molar-refractivity contribution in [3.8, 4) is 0 Å². The summed E-state index contributed by atoms with van der Waals surface area (Å²) in [4.78, 5) is 0. The molecule has 0 bridgehead atoms. The predicted molar refractivity (Wildman–Crippen MR) is 40.9 cm³/mol. The molecular formula is C5H9N3OS. The van der Waals surface area contributed by atoms with E-state index in [9.17, 15) is 4.21 Å². The number of hydrogen-bond donors (Lipinski definition) is 2. The van der Waals surface area contributed by atoms with Gasteiger partial charge in [-0.2, -0.15) is 5.10 Å². The van der Waals surface area contributed by atoms with Crippen LogP contribution in [0.1, 0.15) is 6.92 Å². The van der Waals surface area contributed by atoms with Crippen LogP contribution in [-0.4, -0.2) is 20.2 Å². The minimum Gasteiger partial charge on any atom is -0.290 e. The summed E-state index contributed by atoms with van der Waals surface area (Å²) in [5, 5.41) is 6.34. The molecule has 0 fully saturated rings. The highest BCUT2D eigenvalue weighted by atomic mass is 32.2. The van der Waals surface area contributed by atoms with E-state index in [1.807, 2.05) is 6.92 Å². The minimum atomic E-state index is -0.978. The van der Waals surface area contributed by atoms with Crippen molar-refractivity contribution in [2.45, 2.75) is 6.92 Å². The van der Waals surface area contributed by atoms with Crippen LogP contribution in [0.25, 0.3) is 0 Å². The third kappa shape index (κ3) is 1.84. The summed E-state index contributed by atoms with van der Waals surface area (Å²) in [6, 6.07) is 1.73. The van der Waals surface area contributed by atoms with Crippen LogP contribution in [0.5, 0.6) is 0 Å². The van der Waals surface area contributed by atoms with Crippen LogP contribution >= 0.6 is 0 Å². The van der Waals surface area contributed by atoms with Crippen molar-refractivity contribution in [2.24, 2.45) is 0 Å². The second kappa shape index (κ2) is 3.36. The van der Waals surface area contributed by atoms with Crippen LogP contribution in [0.2, 0.25) is 0 Å². The molecule has 1 aromatic heterocycles. The number of nitrogens with zero attached hydrogens (tertiary/aromatic N) is 1. The fourth-order valence-corrected chi connectivity index (χ4v) is 1.01. The monoisotopic (exact) mass is 159 g/mol. The van der Waals surface area contributed by atoms with Gasteiger partial charge in [-0.25, -0.2) is 4.21 Å². The molecule has 10 heavy (non-hydrogen) atoms. The first-order valence-corrected chi connectivity index (χ1v) is 4.29. The van der Waals surface area contributed by atoms with Gasteiger partial charge in [0.1, 0.15) is 16.8 Å². The number of anilines is 1. The molecule has 5 heteroatoms. The molecule has 4 nitrogen and oxygen atoms in total. The Bertz CT molecular complexity index is 209. The van der Waals surface area contributed by atoms with E-state index in [4.69, 9.17) is 0 Å². The molecule has 0 aliphatic carbocycles. The molecule has 1 rings (SSSR count). The summed E-state index contributed by atoms with van der Waals surface area (Å²) in [5.74, 6) is 1.29. The highest BCUT2D eigenvalue weighted by Gasteiger charge is 1.95. The van der Waals surface area contributed by atoms with Gasteiger partial charge in [-0.1, -0.05) is 6.92 Å². The Morgan fingerprint density at radius 3 is 3.20 bits per heavy atom. The predicted octanol–water partition coefficient (Wildman–Crippen LogP) is 0.505. The van der Waals surface area contributed by atoms with Crippen LogP contribution in [0.4, 0.5) is 5.82 Å². The van der Waals surface area contributed by atoms with Gasteiger partial charge < -0.3 is 0 Å². The van der Waals surface area contributed by atoms with Crippen LogP contribution in [0, 0.1) is 0 Å². The van der Waals surface area contributed by atoms with Crippen molar-refractivity contribution >= 4 is 16.8 Å². The van der Waals surface area contributed by atoms with E-state index in [-0.39, 0.29) is 0 Å². The molecule has 1 unspecified atom stereocenters. The fourth-order valence-electron chi connectivity index (χ4n) is 0.508. The van der Waals surface area contributed by atoms with Gasteiger partial charge >= 0.3 is 0 Å². The second-order valence-electron chi connectivity index (χ2n) is 1.71. The van der Waals surface area contributed by atoms with E-state index < -0.39 is 11.0 Å². The maximum Gasteiger partial charge on any atom is 0.133 e. The average Bonchev–Trinajstić information content (AvgIpc) is 2.40. The Morgan fingerprint density at radius 2 is 2.70 bits per heavy atom. The second-order valence-corrected chi connectivity index (χ2v) is 3.18. The van der Waals surface area contributed by atoms with E-state index in [2.05, 4.69) is 14.9 Å². The third-order valence-corrected chi connectivity index (χ3v) is 1.96. The lowest BCUT2D eigenvalue weighted by molar-refractivity contribution is 0.687. The van der Waals surface area contributed by atoms with Gasteiger partial charge in [-0.15, -0.1) is 0 Å². The molecular weight excluding hydrogens is 150 g/mol. The molecule has 1 aromatic rings. The Kier molecular flexibility index (Phi) is 2.44. The zero-order valence-electron chi connectivity index (χ0n) is 5.63. The quantitative estimate of drug-likeness (QED) is 0.675. The van der Waals surface area contributed by atoms with Crippen molar-refractivity contribution in [3.63, 3.8) is 0 Å². The van der Waals surface area contributed by atoms with Gasteiger partial charge in [0.05, 0.1) is 6.20 Å². The number of aromatic amines is 1. The maximum absolute atomic E-state index is 10.8. The zero-order valence-corrected chi connectivity index (χ0v) is 6.44. The Morgan fingerprint density at radius 1 is 1.90 bits per heavy atom. The molecule has 2 N–H and O–H groups in total. The number of hydrogen-bond acceptors (Lipinski definition) is 2. The molecule has 0 amide bonds. The summed E-state index contributed by atoms with van der Waals surface area (Å²) in [7, 11) is -0.978. The molecule has 0 saturated heterocycles. The van der Waals surface area contributed by atoms with Crippen LogP contribution < -0.4 is 4.72 Å². The number of nitrogens with one attached hydrogen (secondary N) is 2. The first-order chi connectivity index (χ1) is 4.83. The summed E-state index contributed by atoms with van der Waals surface area (Å²) < 4.78 is 13.6. The molecule has 56 valence electrons. The van der Waals surface area contributed by atoms with Gasteiger partial charge in [-0.05, 0) is 0 Å². The molecule has 0 aromatic carbocycles. The van der Waals surface area contributed by atoms with E-state index >= 15 is 0 Å². The van der Waals surface area contributed by atoms with Crippen LogP contribution in [0.15, 0.2) is 12.3 Å². The number of aromatic nitrogens is 2. The molecule has 1 heterocycles. The number of H-pyrrole nitrogens is 1. The first-order valence-electron chi connectivity index (χ1n) is 2.97. The zero-order chi connectivity index (χ0) is 7.40. The molecule has 0 saturated carbocycles. The van der Waals surface area contributed by atoms with Crippen molar-refractivity contribution < 1.29 is 4.21 Å². The summed E-state index contributed by atoms with van der Waals surface area (Å²) in [5.41, 5.74) is 0. The largest absolute Gasteiger partial charge is 0.290 e. The van der Waals surface area contributed by atoms with Crippen LogP contribution in [-0.2, 0) is 11.0 Å². The highest BCUT2D eigenvalue weighted by molar-refractivity contribution is 7.86. The van der Waals surface area contributed by atoms with Crippen molar-refractivity contribution in [3.05, 3.63) is 12.3 Å². The molecule has 0 aliphatic rings. The molecule has 0 spiro atoms. The van der Waals surface area contributed by atoms with Gasteiger partial charge in [-0.3, -0.25) is 9.82 Å². The average molecular weight is 159 g/mol. The van der Waals surface area contributed by atoms with Gasteiger partial charge in [0, 0.05) is 11.8 Å². The van der Waals surface area contributed by atoms with Crippen molar-refractivity contribution in [2.75, 3.05) is 10.5 Å². The van der Waals surface area contributed by atoms with E-state index in [0.29, 0.717) is 11.6 Å². The topological polar surface area (TPSA) is 57.8 Å². The summed E-state index contributed by atoms with van der Waals surface area (Å²) in [6.45, 7) is 1.85. The lowest BCUT2D eigenvalue weighted by Crippen LogP contribution is -2.05. The smallest absolute Gasteiger partial charge is 0.133 e. The molecule has 1 atom stereocenters. The van der Waals surface area contributed by atoms with Gasteiger partial charge in [0.25, 0.3) is 0 Å². The third-order valence-electron chi connectivity index (χ3n) is 0.987. The van der Waals surface area contributed by atoms with E-state index in [1.54, 1.807) is 12.3 Å².